The van der Waals surface area contributed by atoms with E-state index < -0.39 is 0 Å². The number of nitrogens with one attached hydrogen (secondary N) is 1. The summed E-state index contributed by atoms with van der Waals surface area (Å²) in [5.74, 6) is 0.863. The summed E-state index contributed by atoms with van der Waals surface area (Å²) in [5, 5.41) is 3.04. The van der Waals surface area contributed by atoms with E-state index in [1.807, 2.05) is 55.5 Å². The molecule has 138 valence electrons. The number of nitrogens with zero attached hydrogens (tertiary/aromatic N) is 1. The topological polar surface area (TPSA) is 50.8 Å². The lowest BCUT2D eigenvalue weighted by Crippen LogP contribution is -2.36. The van der Waals surface area contributed by atoms with Gasteiger partial charge in [-0.05, 0) is 43.2 Å². The van der Waals surface area contributed by atoms with Crippen LogP contribution in [0.25, 0.3) is 0 Å². The number of amides is 1. The van der Waals surface area contributed by atoms with Crippen molar-refractivity contribution in [2.24, 2.45) is 0 Å². The lowest BCUT2D eigenvalue weighted by molar-refractivity contribution is -0.116. The smallest absolute Gasteiger partial charge is 0.224 e. The van der Waals surface area contributed by atoms with Crippen molar-refractivity contribution >= 4 is 17.3 Å². The average Bonchev–Trinajstić information content (AvgIpc) is 2.66. The molecule has 1 aliphatic rings. The molecule has 0 aromatic heterocycles. The molecule has 5 heteroatoms. The van der Waals surface area contributed by atoms with E-state index in [0.717, 1.165) is 43.4 Å². The number of carbonyl (C=O) groups is 1. The summed E-state index contributed by atoms with van der Waals surface area (Å²) in [6.45, 7) is 5.69. The molecule has 1 N–H and O–H groups in total. The summed E-state index contributed by atoms with van der Waals surface area (Å²) in [6.07, 6.45) is 1.11. The molecule has 5 nitrogen and oxygen atoms in total. The zero-order valence-corrected chi connectivity index (χ0v) is 15.2. The van der Waals surface area contributed by atoms with Crippen LogP contribution < -0.4 is 15.0 Å². The van der Waals surface area contributed by atoms with Crippen molar-refractivity contribution < 1.29 is 14.3 Å². The summed E-state index contributed by atoms with van der Waals surface area (Å²) < 4.78 is 11.1. The fraction of sp³-hybridized carbons (Fsp3) is 0.381. The molecule has 26 heavy (non-hydrogen) atoms. The van der Waals surface area contributed by atoms with Crippen LogP contribution in [-0.2, 0) is 9.53 Å². The molecule has 0 aliphatic carbocycles. The zero-order chi connectivity index (χ0) is 18.2. The Bertz CT molecular complexity index is 727. The van der Waals surface area contributed by atoms with Crippen molar-refractivity contribution in [3.8, 4) is 5.75 Å². The van der Waals surface area contributed by atoms with Gasteiger partial charge >= 0.3 is 0 Å². The number of hydrogen-bond donors (Lipinski definition) is 1. The standard InChI is InChI=1S/C21H26N2O3/c1-17-6-4-7-18(16-17)26-13-5-10-21(24)22-19-8-2-3-9-20(19)23-11-14-25-15-12-23/h2-4,6-9,16H,5,10-15H2,1H3,(H,22,24). The Morgan fingerprint density at radius 1 is 1.15 bits per heavy atom. The van der Waals surface area contributed by atoms with Crippen molar-refractivity contribution in [2.75, 3.05) is 43.1 Å². The van der Waals surface area contributed by atoms with Crippen LogP contribution in [-0.4, -0.2) is 38.8 Å². The van der Waals surface area contributed by atoms with Crippen LogP contribution in [0.15, 0.2) is 48.5 Å². The van der Waals surface area contributed by atoms with Crippen LogP contribution in [0.2, 0.25) is 0 Å². The number of anilines is 2. The third kappa shape index (κ3) is 5.23. The number of hydrogen-bond acceptors (Lipinski definition) is 4. The zero-order valence-electron chi connectivity index (χ0n) is 15.2. The molecule has 0 saturated carbocycles. The van der Waals surface area contributed by atoms with Crippen LogP contribution in [0.3, 0.4) is 0 Å². The van der Waals surface area contributed by atoms with E-state index in [0.29, 0.717) is 19.4 Å². The summed E-state index contributed by atoms with van der Waals surface area (Å²) in [4.78, 5) is 14.6. The molecular formula is C21H26N2O3. The lowest BCUT2D eigenvalue weighted by Gasteiger charge is -2.30. The fourth-order valence-corrected chi connectivity index (χ4v) is 3.00. The molecule has 0 bridgehead atoms. The van der Waals surface area contributed by atoms with Gasteiger partial charge in [0.2, 0.25) is 5.91 Å². The van der Waals surface area contributed by atoms with Crippen molar-refractivity contribution in [2.45, 2.75) is 19.8 Å². The number of para-hydroxylation sites is 2. The minimum absolute atomic E-state index is 0.0125. The maximum atomic E-state index is 12.3. The number of morpholine rings is 1. The predicted molar refractivity (Wildman–Crippen MR) is 104 cm³/mol. The quantitative estimate of drug-likeness (QED) is 0.772. The number of rotatable bonds is 7. The molecule has 1 amide bonds. The van der Waals surface area contributed by atoms with Gasteiger partial charge in [-0.1, -0.05) is 24.3 Å². The third-order valence-electron chi connectivity index (χ3n) is 4.34. The highest BCUT2D eigenvalue weighted by molar-refractivity contribution is 5.94. The number of aryl methyl sites for hydroxylation is 1. The molecule has 1 aliphatic heterocycles. The second kappa shape index (κ2) is 9.25. The molecule has 0 unspecified atom stereocenters. The van der Waals surface area contributed by atoms with Gasteiger partial charge in [0.1, 0.15) is 5.75 Å². The maximum absolute atomic E-state index is 12.3. The van der Waals surface area contributed by atoms with Crippen LogP contribution in [0.1, 0.15) is 18.4 Å². The predicted octanol–water partition coefficient (Wildman–Crippen LogP) is 3.63. The molecular weight excluding hydrogens is 328 g/mol. The second-order valence-corrected chi connectivity index (χ2v) is 6.43. The molecule has 2 aromatic carbocycles. The van der Waals surface area contributed by atoms with Gasteiger partial charge in [-0.15, -0.1) is 0 Å². The van der Waals surface area contributed by atoms with E-state index in [4.69, 9.17) is 9.47 Å². The molecule has 1 heterocycles. The van der Waals surface area contributed by atoms with Crippen molar-refractivity contribution in [1.82, 2.24) is 0 Å². The fourth-order valence-electron chi connectivity index (χ4n) is 3.00. The van der Waals surface area contributed by atoms with E-state index in [1.54, 1.807) is 0 Å². The molecule has 0 spiro atoms. The second-order valence-electron chi connectivity index (χ2n) is 6.43. The summed E-state index contributed by atoms with van der Waals surface area (Å²) in [7, 11) is 0. The van der Waals surface area contributed by atoms with E-state index >= 15 is 0 Å². The van der Waals surface area contributed by atoms with E-state index in [1.165, 1.54) is 5.56 Å². The maximum Gasteiger partial charge on any atom is 0.224 e. The van der Waals surface area contributed by atoms with Gasteiger partial charge in [0.15, 0.2) is 0 Å². The highest BCUT2D eigenvalue weighted by Gasteiger charge is 2.15. The van der Waals surface area contributed by atoms with Gasteiger partial charge in [0.25, 0.3) is 0 Å². The van der Waals surface area contributed by atoms with Gasteiger partial charge in [0, 0.05) is 19.5 Å². The molecule has 1 saturated heterocycles. The Labute approximate surface area is 154 Å². The van der Waals surface area contributed by atoms with Crippen LogP contribution in [0.4, 0.5) is 11.4 Å². The van der Waals surface area contributed by atoms with E-state index in [9.17, 15) is 4.79 Å². The lowest BCUT2D eigenvalue weighted by atomic mass is 10.2. The van der Waals surface area contributed by atoms with E-state index in [2.05, 4.69) is 10.2 Å². The number of ether oxygens (including phenoxy) is 2. The van der Waals surface area contributed by atoms with E-state index in [-0.39, 0.29) is 5.91 Å². The van der Waals surface area contributed by atoms with Crippen molar-refractivity contribution in [3.63, 3.8) is 0 Å². The van der Waals surface area contributed by atoms with Gasteiger partial charge in [-0.2, -0.15) is 0 Å². The van der Waals surface area contributed by atoms with Gasteiger partial charge in [0.05, 0.1) is 31.2 Å². The van der Waals surface area contributed by atoms with Crippen LogP contribution in [0.5, 0.6) is 5.75 Å². The Morgan fingerprint density at radius 3 is 2.77 bits per heavy atom. The van der Waals surface area contributed by atoms with Crippen LogP contribution >= 0.6 is 0 Å². The van der Waals surface area contributed by atoms with Crippen molar-refractivity contribution in [3.05, 3.63) is 54.1 Å². The van der Waals surface area contributed by atoms with Gasteiger partial charge in [-0.25, -0.2) is 0 Å². The molecule has 1 fully saturated rings. The Morgan fingerprint density at radius 2 is 1.96 bits per heavy atom. The summed E-state index contributed by atoms with van der Waals surface area (Å²) >= 11 is 0. The summed E-state index contributed by atoms with van der Waals surface area (Å²) in [5.41, 5.74) is 3.08. The monoisotopic (exact) mass is 354 g/mol. The first-order chi connectivity index (χ1) is 12.7. The minimum Gasteiger partial charge on any atom is -0.494 e. The van der Waals surface area contributed by atoms with Crippen molar-refractivity contribution in [1.29, 1.82) is 0 Å². The normalized spacial score (nSPS) is 14.1. The van der Waals surface area contributed by atoms with Gasteiger partial charge < -0.3 is 19.7 Å². The third-order valence-corrected chi connectivity index (χ3v) is 4.34. The number of benzene rings is 2. The molecule has 0 atom stereocenters. The number of carbonyl (C=O) groups excluding carboxylic acids is 1. The minimum atomic E-state index is 0.0125. The Hall–Kier alpha value is -2.53. The first-order valence-electron chi connectivity index (χ1n) is 9.13. The summed E-state index contributed by atoms with van der Waals surface area (Å²) in [6, 6.07) is 15.9. The molecule has 0 radical (unpaired) electrons. The van der Waals surface area contributed by atoms with Crippen LogP contribution in [0, 0.1) is 6.92 Å². The highest BCUT2D eigenvalue weighted by Crippen LogP contribution is 2.26. The largest absolute Gasteiger partial charge is 0.494 e. The van der Waals surface area contributed by atoms with Gasteiger partial charge in [-0.3, -0.25) is 4.79 Å². The average molecular weight is 354 g/mol. The highest BCUT2D eigenvalue weighted by atomic mass is 16.5. The Kier molecular flexibility index (Phi) is 6.50. The first kappa shape index (κ1) is 18.3. The SMILES string of the molecule is Cc1cccc(OCCCC(=O)Nc2ccccc2N2CCOCC2)c1. The Balaban J connectivity index is 1.47. The molecule has 2 aromatic rings. The molecule has 3 rings (SSSR count). The first-order valence-corrected chi connectivity index (χ1v) is 9.13.